The maximum atomic E-state index is 11.2. The molecule has 0 saturated heterocycles. The summed E-state index contributed by atoms with van der Waals surface area (Å²) in [7, 11) is 0. The fourth-order valence-corrected chi connectivity index (χ4v) is 2.05. The third-order valence-electron chi connectivity index (χ3n) is 2.70. The molecule has 21 heavy (non-hydrogen) atoms. The van der Waals surface area contributed by atoms with Gasteiger partial charge in [-0.1, -0.05) is 23.7 Å². The van der Waals surface area contributed by atoms with Crippen LogP contribution in [0.25, 0.3) is 5.57 Å². The first-order valence-electron chi connectivity index (χ1n) is 5.86. The summed E-state index contributed by atoms with van der Waals surface area (Å²) < 4.78 is 0. The van der Waals surface area contributed by atoms with E-state index < -0.39 is 10.8 Å². The van der Waals surface area contributed by atoms with E-state index >= 15 is 0 Å². The molecule has 0 saturated carbocycles. The fourth-order valence-electron chi connectivity index (χ4n) is 1.83. The number of rotatable bonds is 4. The molecule has 2 N–H and O–H groups in total. The molecule has 0 fully saturated rings. The van der Waals surface area contributed by atoms with Crippen molar-refractivity contribution in [1.29, 1.82) is 0 Å². The van der Waals surface area contributed by atoms with Crippen LogP contribution in [0.3, 0.4) is 0 Å². The third kappa shape index (κ3) is 3.43. The van der Waals surface area contributed by atoms with Crippen molar-refractivity contribution in [1.82, 2.24) is 4.98 Å². The van der Waals surface area contributed by atoms with Gasteiger partial charge in [0.25, 0.3) is 5.69 Å². The number of hydrogen-bond donors (Lipinski definition) is 1. The fraction of sp³-hybridized carbons (Fsp3) is 0. The topological polar surface area (TPSA) is 99.1 Å². The normalized spacial score (nSPS) is 11.2. The van der Waals surface area contributed by atoms with E-state index in [9.17, 15) is 14.9 Å². The van der Waals surface area contributed by atoms with E-state index in [1.165, 1.54) is 30.5 Å². The van der Waals surface area contributed by atoms with E-state index in [0.717, 1.165) is 0 Å². The predicted octanol–water partition coefficient (Wildman–Crippen LogP) is 2.56. The van der Waals surface area contributed by atoms with Gasteiger partial charge in [-0.05, 0) is 23.3 Å². The van der Waals surface area contributed by atoms with E-state index in [0.29, 0.717) is 16.7 Å². The average molecular weight is 304 g/mol. The second kappa shape index (κ2) is 6.15. The minimum absolute atomic E-state index is 0.0946. The van der Waals surface area contributed by atoms with Crippen LogP contribution in [0, 0.1) is 10.1 Å². The molecule has 2 rings (SSSR count). The van der Waals surface area contributed by atoms with Crippen LogP contribution in [0.2, 0.25) is 5.15 Å². The first-order valence-corrected chi connectivity index (χ1v) is 6.23. The van der Waals surface area contributed by atoms with Crippen molar-refractivity contribution < 1.29 is 9.72 Å². The number of amides is 1. The van der Waals surface area contributed by atoms with Gasteiger partial charge < -0.3 is 5.73 Å². The Balaban J connectivity index is 2.63. The quantitative estimate of drug-likeness (QED) is 0.406. The second-order valence-corrected chi connectivity index (χ2v) is 4.47. The minimum atomic E-state index is -0.684. The van der Waals surface area contributed by atoms with Crippen molar-refractivity contribution in [2.24, 2.45) is 5.73 Å². The summed E-state index contributed by atoms with van der Waals surface area (Å²) in [5.41, 5.74) is 6.41. The molecule has 1 aromatic heterocycles. The first kappa shape index (κ1) is 14.7. The number of nitrogens with zero attached hydrogens (tertiary/aromatic N) is 2. The molecule has 0 bridgehead atoms. The van der Waals surface area contributed by atoms with Gasteiger partial charge in [-0.2, -0.15) is 0 Å². The first-order chi connectivity index (χ1) is 9.99. The van der Waals surface area contributed by atoms with Crippen molar-refractivity contribution in [2.45, 2.75) is 0 Å². The van der Waals surface area contributed by atoms with Gasteiger partial charge in [0, 0.05) is 30.0 Å². The number of nitro benzene ring substituents is 1. The molecule has 0 atom stereocenters. The largest absolute Gasteiger partial charge is 0.366 e. The van der Waals surface area contributed by atoms with Gasteiger partial charge in [-0.25, -0.2) is 4.98 Å². The van der Waals surface area contributed by atoms with E-state index in [4.69, 9.17) is 17.3 Å². The number of pyridine rings is 1. The average Bonchev–Trinajstić information content (AvgIpc) is 2.45. The zero-order valence-corrected chi connectivity index (χ0v) is 11.4. The van der Waals surface area contributed by atoms with Gasteiger partial charge in [-0.15, -0.1) is 0 Å². The van der Waals surface area contributed by atoms with Crippen molar-refractivity contribution in [3.05, 3.63) is 75.1 Å². The van der Waals surface area contributed by atoms with Crippen molar-refractivity contribution >= 4 is 28.8 Å². The SMILES string of the molecule is NC(=O)/C=C(/c1cccc([N+](=O)[O-])c1)c1cccnc1Cl. The lowest BCUT2D eigenvalue weighted by atomic mass is 9.98. The van der Waals surface area contributed by atoms with Crippen LogP contribution in [0.5, 0.6) is 0 Å². The Labute approximate surface area is 125 Å². The summed E-state index contributed by atoms with van der Waals surface area (Å²) >= 11 is 6.02. The number of aromatic nitrogens is 1. The van der Waals surface area contributed by atoms with Crippen LogP contribution in [0.15, 0.2) is 48.7 Å². The molecule has 1 heterocycles. The third-order valence-corrected chi connectivity index (χ3v) is 3.01. The van der Waals surface area contributed by atoms with Crippen molar-refractivity contribution in [3.8, 4) is 0 Å². The number of non-ortho nitro benzene ring substituents is 1. The second-order valence-electron chi connectivity index (χ2n) is 4.11. The number of nitro groups is 1. The van der Waals surface area contributed by atoms with Crippen LogP contribution in [0.1, 0.15) is 11.1 Å². The maximum absolute atomic E-state index is 11.2. The van der Waals surface area contributed by atoms with Crippen molar-refractivity contribution in [2.75, 3.05) is 0 Å². The summed E-state index contributed by atoms with van der Waals surface area (Å²) in [6, 6.07) is 9.16. The van der Waals surface area contributed by atoms with Crippen LogP contribution in [0.4, 0.5) is 5.69 Å². The van der Waals surface area contributed by atoms with Crippen LogP contribution in [-0.4, -0.2) is 15.8 Å². The Morgan fingerprint density at radius 1 is 1.33 bits per heavy atom. The van der Waals surface area contributed by atoms with Crippen LogP contribution >= 0.6 is 11.6 Å². The van der Waals surface area contributed by atoms with Crippen molar-refractivity contribution in [3.63, 3.8) is 0 Å². The number of hydrogen-bond acceptors (Lipinski definition) is 4. The van der Waals surface area contributed by atoms with Gasteiger partial charge >= 0.3 is 0 Å². The summed E-state index contributed by atoms with van der Waals surface area (Å²) in [5.74, 6) is -0.684. The van der Waals surface area contributed by atoms with Gasteiger partial charge in [0.1, 0.15) is 5.15 Å². The molecule has 7 heteroatoms. The van der Waals surface area contributed by atoms with E-state index in [1.54, 1.807) is 18.2 Å². The molecule has 2 aromatic rings. The Hall–Kier alpha value is -2.73. The molecule has 6 nitrogen and oxygen atoms in total. The van der Waals surface area contributed by atoms with Gasteiger partial charge in [0.2, 0.25) is 5.91 Å². The number of benzene rings is 1. The predicted molar refractivity (Wildman–Crippen MR) is 78.6 cm³/mol. The molecule has 0 aliphatic carbocycles. The maximum Gasteiger partial charge on any atom is 0.270 e. The highest BCUT2D eigenvalue weighted by Crippen LogP contribution is 2.29. The lowest BCUT2D eigenvalue weighted by Gasteiger charge is -2.09. The molecule has 1 amide bonds. The summed E-state index contributed by atoms with van der Waals surface area (Å²) in [5, 5.41) is 11.0. The molecule has 1 aromatic carbocycles. The molecule has 0 radical (unpaired) electrons. The standard InChI is InChI=1S/C14H10ClN3O3/c15-14-11(5-2-6-17-14)12(8-13(16)19)9-3-1-4-10(7-9)18(20)21/h1-8H,(H2,16,19)/b12-8-. The number of primary amides is 1. The molecule has 0 aliphatic heterocycles. The molecule has 0 unspecified atom stereocenters. The van der Waals surface area contributed by atoms with E-state index in [1.807, 2.05) is 0 Å². The van der Waals surface area contributed by atoms with E-state index in [-0.39, 0.29) is 10.8 Å². The van der Waals surface area contributed by atoms with Gasteiger partial charge in [0.15, 0.2) is 0 Å². The summed E-state index contributed by atoms with van der Waals surface area (Å²) in [4.78, 5) is 25.5. The molecular formula is C14H10ClN3O3. The number of nitrogens with two attached hydrogens (primary N) is 1. The Morgan fingerprint density at radius 2 is 2.10 bits per heavy atom. The van der Waals surface area contributed by atoms with E-state index in [2.05, 4.69) is 4.98 Å². The van der Waals surface area contributed by atoms with Gasteiger partial charge in [0.05, 0.1) is 4.92 Å². The molecular weight excluding hydrogens is 294 g/mol. The highest BCUT2D eigenvalue weighted by Gasteiger charge is 2.14. The van der Waals surface area contributed by atoms with Gasteiger partial charge in [-0.3, -0.25) is 14.9 Å². The zero-order valence-electron chi connectivity index (χ0n) is 10.7. The molecule has 0 spiro atoms. The lowest BCUT2D eigenvalue weighted by Crippen LogP contribution is -2.08. The number of carbonyl (C=O) groups is 1. The zero-order chi connectivity index (χ0) is 15.4. The Bertz CT molecular complexity index is 744. The smallest absolute Gasteiger partial charge is 0.270 e. The molecule has 106 valence electrons. The molecule has 0 aliphatic rings. The highest BCUT2D eigenvalue weighted by atomic mass is 35.5. The summed E-state index contributed by atoms with van der Waals surface area (Å²) in [6.45, 7) is 0. The van der Waals surface area contributed by atoms with Crippen LogP contribution in [-0.2, 0) is 4.79 Å². The Morgan fingerprint density at radius 3 is 2.71 bits per heavy atom. The highest BCUT2D eigenvalue weighted by molar-refractivity contribution is 6.31. The lowest BCUT2D eigenvalue weighted by molar-refractivity contribution is -0.384. The minimum Gasteiger partial charge on any atom is -0.366 e. The summed E-state index contributed by atoms with van der Waals surface area (Å²) in [6.07, 6.45) is 2.67. The monoisotopic (exact) mass is 303 g/mol. The number of carbonyl (C=O) groups excluding carboxylic acids is 1. The number of halogens is 1. The van der Waals surface area contributed by atoms with Crippen LogP contribution < -0.4 is 5.73 Å². The Kier molecular flexibility index (Phi) is 4.30.